The quantitative estimate of drug-likeness (QED) is 0.481. The van der Waals surface area contributed by atoms with Crippen molar-refractivity contribution in [3.63, 3.8) is 0 Å². The molecule has 9 nitrogen and oxygen atoms in total. The first-order chi connectivity index (χ1) is 14.8. The van der Waals surface area contributed by atoms with E-state index >= 15 is 0 Å². The molecule has 4 rings (SSSR count). The van der Waals surface area contributed by atoms with Gasteiger partial charge in [0.1, 0.15) is 18.1 Å². The van der Waals surface area contributed by atoms with Crippen LogP contribution in [0.3, 0.4) is 0 Å². The second kappa shape index (κ2) is 7.82. The van der Waals surface area contributed by atoms with Crippen molar-refractivity contribution in [1.29, 1.82) is 0 Å². The van der Waals surface area contributed by atoms with E-state index < -0.39 is 23.0 Å². The number of hydrogen-bond donors (Lipinski definition) is 2. The van der Waals surface area contributed by atoms with Crippen molar-refractivity contribution in [2.24, 2.45) is 0 Å². The van der Waals surface area contributed by atoms with Crippen LogP contribution in [0.1, 0.15) is 21.7 Å². The van der Waals surface area contributed by atoms with E-state index in [1.807, 2.05) is 0 Å². The molecule has 0 saturated carbocycles. The lowest BCUT2D eigenvalue weighted by Gasteiger charge is -2.08. The fraction of sp³-hybridized carbons (Fsp3) is 0.0952. The predicted molar refractivity (Wildman–Crippen MR) is 109 cm³/mol. The monoisotopic (exact) mass is 422 g/mol. The highest BCUT2D eigenvalue weighted by molar-refractivity contribution is 5.94. The molecule has 0 atom stereocenters. The summed E-state index contributed by atoms with van der Waals surface area (Å²) in [5.41, 5.74) is -1.42. The molecule has 0 aliphatic rings. The maximum Gasteiger partial charge on any atom is 0.338 e. The highest BCUT2D eigenvalue weighted by Crippen LogP contribution is 2.13. The number of hydrogen-bond acceptors (Lipinski definition) is 6. The summed E-state index contributed by atoms with van der Waals surface area (Å²) in [6, 6.07) is 10.7. The standard InChI is InChI=1S/C21H15FN4O5/c1-11-8-18(27)16(25-24-11)10-31-20(29)12-6-7-13-15(9-12)23-21(30)26(19(13)28)17-5-3-2-4-14(17)22/h2-9H,10H2,1H3,(H,23,30)(H,24,27). The third-order valence-corrected chi connectivity index (χ3v) is 4.57. The number of nitrogens with one attached hydrogen (secondary N) is 2. The van der Waals surface area contributed by atoms with Crippen LogP contribution in [0.25, 0.3) is 16.6 Å². The molecule has 2 heterocycles. The largest absolute Gasteiger partial charge is 0.455 e. The first-order valence-electron chi connectivity index (χ1n) is 9.11. The van der Waals surface area contributed by atoms with Gasteiger partial charge in [-0.05, 0) is 37.3 Å². The average molecular weight is 422 g/mol. The van der Waals surface area contributed by atoms with Crippen LogP contribution in [0, 0.1) is 12.7 Å². The molecule has 4 aromatic rings. The number of benzene rings is 2. The first-order valence-corrected chi connectivity index (χ1v) is 9.11. The zero-order chi connectivity index (χ0) is 22.1. The van der Waals surface area contributed by atoms with E-state index in [2.05, 4.69) is 15.2 Å². The number of esters is 1. The van der Waals surface area contributed by atoms with Gasteiger partial charge in [0.15, 0.2) is 0 Å². The molecule has 0 amide bonds. The Balaban J connectivity index is 1.67. The van der Waals surface area contributed by atoms with Crippen molar-refractivity contribution in [1.82, 2.24) is 19.7 Å². The van der Waals surface area contributed by atoms with E-state index in [1.54, 1.807) is 6.92 Å². The van der Waals surface area contributed by atoms with E-state index in [4.69, 9.17) is 4.74 Å². The van der Waals surface area contributed by atoms with Crippen molar-refractivity contribution in [3.05, 3.63) is 102 Å². The first kappa shape index (κ1) is 20.0. The van der Waals surface area contributed by atoms with Gasteiger partial charge in [-0.2, -0.15) is 5.10 Å². The number of halogens is 1. The molecule has 0 fully saturated rings. The van der Waals surface area contributed by atoms with E-state index in [0.717, 1.165) is 6.07 Å². The van der Waals surface area contributed by atoms with Gasteiger partial charge in [-0.15, -0.1) is 0 Å². The van der Waals surface area contributed by atoms with Crippen molar-refractivity contribution in [3.8, 4) is 5.69 Å². The fourth-order valence-corrected chi connectivity index (χ4v) is 3.04. The second-order valence-electron chi connectivity index (χ2n) is 6.72. The lowest BCUT2D eigenvalue weighted by atomic mass is 10.1. The predicted octanol–water partition coefficient (Wildman–Crippen LogP) is 1.57. The van der Waals surface area contributed by atoms with E-state index in [0.29, 0.717) is 10.3 Å². The minimum absolute atomic E-state index is 0.0286. The highest BCUT2D eigenvalue weighted by atomic mass is 19.1. The molecule has 31 heavy (non-hydrogen) atoms. The Hall–Kier alpha value is -4.34. The normalized spacial score (nSPS) is 10.9. The van der Waals surface area contributed by atoms with Crippen molar-refractivity contribution in [2.45, 2.75) is 13.5 Å². The Morgan fingerprint density at radius 3 is 2.65 bits per heavy atom. The molecule has 0 aliphatic heterocycles. The number of fused-ring (bicyclic) bond motifs is 1. The Labute approximate surface area is 172 Å². The maximum absolute atomic E-state index is 14.1. The molecule has 10 heteroatoms. The van der Waals surface area contributed by atoms with Crippen LogP contribution in [0.4, 0.5) is 4.39 Å². The van der Waals surface area contributed by atoms with Crippen LogP contribution in [0.5, 0.6) is 0 Å². The number of aromatic amines is 2. The molecule has 0 unspecified atom stereocenters. The molecule has 156 valence electrons. The summed E-state index contributed by atoms with van der Waals surface area (Å²) in [6.07, 6.45) is 0. The molecule has 2 N–H and O–H groups in total. The lowest BCUT2D eigenvalue weighted by Crippen LogP contribution is -2.34. The van der Waals surface area contributed by atoms with Crippen LogP contribution in [-0.4, -0.2) is 25.7 Å². The summed E-state index contributed by atoms with van der Waals surface area (Å²) in [7, 11) is 0. The van der Waals surface area contributed by atoms with Gasteiger partial charge in [0, 0.05) is 11.8 Å². The number of aromatic nitrogens is 4. The summed E-state index contributed by atoms with van der Waals surface area (Å²) >= 11 is 0. The zero-order valence-electron chi connectivity index (χ0n) is 16.1. The molecule has 0 aliphatic carbocycles. The van der Waals surface area contributed by atoms with Gasteiger partial charge in [-0.3, -0.25) is 14.7 Å². The topological polar surface area (TPSA) is 127 Å². The van der Waals surface area contributed by atoms with E-state index in [-0.39, 0.29) is 39.9 Å². The maximum atomic E-state index is 14.1. The third-order valence-electron chi connectivity index (χ3n) is 4.57. The summed E-state index contributed by atoms with van der Waals surface area (Å²) < 4.78 is 19.9. The summed E-state index contributed by atoms with van der Waals surface area (Å²) in [4.78, 5) is 51.9. The molecule has 0 radical (unpaired) electrons. The number of rotatable bonds is 4. The number of carbonyl (C=O) groups is 1. The number of H-pyrrole nitrogens is 2. The van der Waals surface area contributed by atoms with Crippen LogP contribution >= 0.6 is 0 Å². The number of para-hydroxylation sites is 1. The Morgan fingerprint density at radius 1 is 1.13 bits per heavy atom. The van der Waals surface area contributed by atoms with Crippen molar-refractivity contribution < 1.29 is 13.9 Å². The Bertz CT molecular complexity index is 1500. The second-order valence-corrected chi connectivity index (χ2v) is 6.72. The highest BCUT2D eigenvalue weighted by Gasteiger charge is 2.15. The smallest absolute Gasteiger partial charge is 0.338 e. The molecule has 2 aromatic heterocycles. The van der Waals surface area contributed by atoms with Crippen LogP contribution in [-0.2, 0) is 11.3 Å². The molecular weight excluding hydrogens is 407 g/mol. The van der Waals surface area contributed by atoms with Crippen LogP contribution < -0.4 is 16.7 Å². The number of carbonyl (C=O) groups excluding carboxylic acids is 1. The van der Waals surface area contributed by atoms with Crippen molar-refractivity contribution in [2.75, 3.05) is 0 Å². The fourth-order valence-electron chi connectivity index (χ4n) is 3.04. The van der Waals surface area contributed by atoms with Crippen LogP contribution in [0.2, 0.25) is 0 Å². The van der Waals surface area contributed by atoms with Gasteiger partial charge in [0.25, 0.3) is 5.56 Å². The number of aryl methyl sites for hydroxylation is 1. The molecule has 0 bridgehead atoms. The molecule has 2 aromatic carbocycles. The molecule has 0 spiro atoms. The van der Waals surface area contributed by atoms with E-state index in [1.165, 1.54) is 42.5 Å². The minimum atomic E-state index is -0.858. The lowest BCUT2D eigenvalue weighted by molar-refractivity contribution is 0.0465. The van der Waals surface area contributed by atoms with E-state index in [9.17, 15) is 23.6 Å². The molecule has 0 saturated heterocycles. The Kier molecular flexibility index (Phi) is 5.04. The SMILES string of the molecule is Cc1cc(=O)c(COC(=O)c2ccc3c(=O)n(-c4ccccc4F)c(=O)[nH]c3c2)n[nH]1. The van der Waals surface area contributed by atoms with Gasteiger partial charge in [0.2, 0.25) is 5.43 Å². The Morgan fingerprint density at radius 2 is 1.90 bits per heavy atom. The van der Waals surface area contributed by atoms with Crippen LogP contribution in [0.15, 0.2) is 62.9 Å². The summed E-state index contributed by atoms with van der Waals surface area (Å²) in [6.45, 7) is 1.32. The average Bonchev–Trinajstić information content (AvgIpc) is 2.74. The van der Waals surface area contributed by atoms with Gasteiger partial charge >= 0.3 is 11.7 Å². The zero-order valence-corrected chi connectivity index (χ0v) is 16.1. The van der Waals surface area contributed by atoms with Gasteiger partial charge in [0.05, 0.1) is 22.2 Å². The third kappa shape index (κ3) is 3.78. The van der Waals surface area contributed by atoms with Gasteiger partial charge in [-0.25, -0.2) is 18.5 Å². The summed E-state index contributed by atoms with van der Waals surface area (Å²) in [5, 5.41) is 6.52. The van der Waals surface area contributed by atoms with Crippen molar-refractivity contribution >= 4 is 16.9 Å². The summed E-state index contributed by atoms with van der Waals surface area (Å²) in [5.74, 6) is -1.50. The van der Waals surface area contributed by atoms with Gasteiger partial charge < -0.3 is 9.72 Å². The molecular formula is C21H15FN4O5. The number of nitrogens with zero attached hydrogens (tertiary/aromatic N) is 2. The van der Waals surface area contributed by atoms with Gasteiger partial charge in [-0.1, -0.05) is 12.1 Å². The minimum Gasteiger partial charge on any atom is -0.455 e. The number of ether oxygens (including phenoxy) is 1.